The van der Waals surface area contributed by atoms with Gasteiger partial charge in [0.2, 0.25) is 5.91 Å². The first-order valence-electron chi connectivity index (χ1n) is 10.8. The van der Waals surface area contributed by atoms with Gasteiger partial charge in [-0.25, -0.2) is 4.99 Å². The van der Waals surface area contributed by atoms with Gasteiger partial charge in [0.25, 0.3) is 0 Å². The second-order valence-corrected chi connectivity index (χ2v) is 9.38. The van der Waals surface area contributed by atoms with Crippen molar-refractivity contribution in [2.24, 2.45) is 22.2 Å². The van der Waals surface area contributed by atoms with E-state index in [4.69, 9.17) is 4.74 Å². The molecule has 3 rings (SSSR count). The van der Waals surface area contributed by atoms with Crippen molar-refractivity contribution in [3.05, 3.63) is 0 Å². The first-order valence-corrected chi connectivity index (χ1v) is 10.8. The summed E-state index contributed by atoms with van der Waals surface area (Å²) in [7, 11) is 3.55. The van der Waals surface area contributed by atoms with E-state index >= 15 is 0 Å². The van der Waals surface area contributed by atoms with Crippen molar-refractivity contribution in [2.75, 3.05) is 33.8 Å². The van der Waals surface area contributed by atoms with Crippen molar-refractivity contribution < 1.29 is 9.53 Å². The molecule has 6 nitrogen and oxygen atoms in total. The number of fused-ring (bicyclic) bond motifs is 1. The lowest BCUT2D eigenvalue weighted by Crippen LogP contribution is -2.71. The third-order valence-electron chi connectivity index (χ3n) is 6.78. The Kier molecular flexibility index (Phi) is 6.66. The lowest BCUT2D eigenvalue weighted by molar-refractivity contribution is -0.188. The zero-order valence-electron chi connectivity index (χ0n) is 17.6. The molecule has 2 saturated carbocycles. The van der Waals surface area contributed by atoms with Crippen LogP contribution < -0.4 is 10.6 Å². The summed E-state index contributed by atoms with van der Waals surface area (Å²) >= 11 is 0. The Labute approximate surface area is 164 Å². The van der Waals surface area contributed by atoms with Gasteiger partial charge in [0.15, 0.2) is 5.96 Å². The topological polar surface area (TPSA) is 66.0 Å². The molecule has 27 heavy (non-hydrogen) atoms. The lowest BCUT2D eigenvalue weighted by atomic mass is 9.55. The van der Waals surface area contributed by atoms with E-state index in [1.54, 1.807) is 19.0 Å². The van der Waals surface area contributed by atoms with E-state index in [1.807, 2.05) is 0 Å². The second-order valence-electron chi connectivity index (χ2n) is 9.38. The standard InChI is InChI=1S/C21H38N4O2/c1-21(2)18(16-11-8-12-27-19(16)21)24-20(23-14-17(26)25(3)4)22-13-15-9-6-5-7-10-15/h15-16,18-19H,5-14H2,1-4H3,(H2,22,23,24). The summed E-state index contributed by atoms with van der Waals surface area (Å²) in [6.45, 7) is 6.57. The van der Waals surface area contributed by atoms with Crippen LogP contribution in [0.2, 0.25) is 0 Å². The molecule has 1 heterocycles. The first-order chi connectivity index (χ1) is 12.9. The fourth-order valence-corrected chi connectivity index (χ4v) is 5.04. The highest BCUT2D eigenvalue weighted by atomic mass is 16.5. The average molecular weight is 379 g/mol. The first kappa shape index (κ1) is 20.4. The summed E-state index contributed by atoms with van der Waals surface area (Å²) in [5.41, 5.74) is 0.0872. The smallest absolute Gasteiger partial charge is 0.243 e. The maximum atomic E-state index is 12.0. The molecule has 1 aliphatic heterocycles. The van der Waals surface area contributed by atoms with Gasteiger partial charge in [-0.15, -0.1) is 0 Å². The van der Waals surface area contributed by atoms with Crippen LogP contribution in [0.1, 0.15) is 58.8 Å². The second kappa shape index (κ2) is 8.80. The number of rotatable bonds is 5. The summed E-state index contributed by atoms with van der Waals surface area (Å²) in [6, 6.07) is 0.342. The molecule has 0 radical (unpaired) electrons. The number of hydrogen-bond acceptors (Lipinski definition) is 3. The Bertz CT molecular complexity index is 540. The van der Waals surface area contributed by atoms with Crippen LogP contribution in [0, 0.1) is 17.3 Å². The molecule has 2 aliphatic carbocycles. The average Bonchev–Trinajstić information content (AvgIpc) is 2.67. The third kappa shape index (κ3) is 4.76. The van der Waals surface area contributed by atoms with Crippen LogP contribution in [0.15, 0.2) is 4.99 Å². The Hall–Kier alpha value is -1.30. The molecule has 2 N–H and O–H groups in total. The van der Waals surface area contributed by atoms with Crippen molar-refractivity contribution in [3.63, 3.8) is 0 Å². The van der Waals surface area contributed by atoms with E-state index in [-0.39, 0.29) is 17.9 Å². The van der Waals surface area contributed by atoms with Crippen LogP contribution in [-0.4, -0.2) is 62.7 Å². The van der Waals surface area contributed by atoms with Crippen LogP contribution in [0.3, 0.4) is 0 Å². The Morgan fingerprint density at radius 2 is 1.89 bits per heavy atom. The van der Waals surface area contributed by atoms with Gasteiger partial charge in [-0.1, -0.05) is 33.1 Å². The van der Waals surface area contributed by atoms with E-state index in [9.17, 15) is 4.79 Å². The van der Waals surface area contributed by atoms with Crippen molar-refractivity contribution in [2.45, 2.75) is 70.9 Å². The van der Waals surface area contributed by atoms with Gasteiger partial charge in [0.05, 0.1) is 6.10 Å². The minimum absolute atomic E-state index is 0.0283. The molecule has 3 unspecified atom stereocenters. The van der Waals surface area contributed by atoms with Gasteiger partial charge in [-0.05, 0) is 31.6 Å². The van der Waals surface area contributed by atoms with Crippen molar-refractivity contribution in [1.82, 2.24) is 15.5 Å². The Morgan fingerprint density at radius 3 is 2.59 bits per heavy atom. The molecule has 6 heteroatoms. The van der Waals surface area contributed by atoms with E-state index in [0.717, 1.165) is 31.4 Å². The number of amides is 1. The van der Waals surface area contributed by atoms with Crippen LogP contribution in [0.25, 0.3) is 0 Å². The van der Waals surface area contributed by atoms with Gasteiger partial charge in [0, 0.05) is 44.6 Å². The molecule has 0 spiro atoms. The lowest BCUT2D eigenvalue weighted by Gasteiger charge is -2.60. The van der Waals surface area contributed by atoms with Crippen LogP contribution >= 0.6 is 0 Å². The Morgan fingerprint density at radius 1 is 1.15 bits per heavy atom. The zero-order chi connectivity index (χ0) is 19.4. The fraction of sp³-hybridized carbons (Fsp3) is 0.905. The molecule has 1 amide bonds. The minimum atomic E-state index is 0.0283. The molecule has 3 fully saturated rings. The summed E-state index contributed by atoms with van der Waals surface area (Å²) in [4.78, 5) is 18.2. The molecule has 3 atom stereocenters. The summed E-state index contributed by atoms with van der Waals surface area (Å²) in [5.74, 6) is 2.08. The fourth-order valence-electron chi connectivity index (χ4n) is 5.04. The van der Waals surface area contributed by atoms with Crippen LogP contribution in [0.5, 0.6) is 0 Å². The highest BCUT2D eigenvalue weighted by molar-refractivity contribution is 5.85. The molecule has 1 saturated heterocycles. The molecule has 3 aliphatic rings. The summed E-state index contributed by atoms with van der Waals surface area (Å²) in [5, 5.41) is 7.21. The highest BCUT2D eigenvalue weighted by Crippen LogP contribution is 2.51. The molecule has 0 aromatic heterocycles. The minimum Gasteiger partial charge on any atom is -0.377 e. The van der Waals surface area contributed by atoms with Gasteiger partial charge in [0.1, 0.15) is 6.54 Å². The monoisotopic (exact) mass is 378 g/mol. The number of likely N-dealkylation sites (N-methyl/N-ethyl adjacent to an activating group) is 1. The maximum absolute atomic E-state index is 12.0. The summed E-state index contributed by atoms with van der Waals surface area (Å²) in [6.07, 6.45) is 9.31. The molecular weight excluding hydrogens is 340 g/mol. The molecule has 0 bridgehead atoms. The van der Waals surface area contributed by atoms with Gasteiger partial charge < -0.3 is 20.3 Å². The quantitative estimate of drug-likeness (QED) is 0.569. The largest absolute Gasteiger partial charge is 0.377 e. The summed E-state index contributed by atoms with van der Waals surface area (Å²) < 4.78 is 6.03. The van der Waals surface area contributed by atoms with Crippen molar-refractivity contribution >= 4 is 11.9 Å². The van der Waals surface area contributed by atoms with Gasteiger partial charge >= 0.3 is 0 Å². The van der Waals surface area contributed by atoms with Crippen LogP contribution in [0.4, 0.5) is 0 Å². The predicted molar refractivity (Wildman–Crippen MR) is 109 cm³/mol. The number of ether oxygens (including phenoxy) is 1. The molecular formula is C21H38N4O2. The number of nitrogens with one attached hydrogen (secondary N) is 2. The number of aliphatic imine (C=N–C) groups is 1. The van der Waals surface area contributed by atoms with E-state index < -0.39 is 0 Å². The van der Waals surface area contributed by atoms with Crippen LogP contribution in [-0.2, 0) is 9.53 Å². The number of guanidine groups is 1. The van der Waals surface area contributed by atoms with E-state index in [2.05, 4.69) is 29.5 Å². The Balaban J connectivity index is 1.63. The van der Waals surface area contributed by atoms with E-state index in [1.165, 1.54) is 38.5 Å². The van der Waals surface area contributed by atoms with Crippen molar-refractivity contribution in [3.8, 4) is 0 Å². The normalized spacial score (nSPS) is 30.8. The highest BCUT2D eigenvalue weighted by Gasteiger charge is 2.58. The van der Waals surface area contributed by atoms with Gasteiger partial charge in [-0.3, -0.25) is 4.79 Å². The maximum Gasteiger partial charge on any atom is 0.243 e. The zero-order valence-corrected chi connectivity index (χ0v) is 17.6. The number of carbonyl (C=O) groups excluding carboxylic acids is 1. The molecule has 154 valence electrons. The van der Waals surface area contributed by atoms with E-state index in [0.29, 0.717) is 18.1 Å². The number of carbonyl (C=O) groups is 1. The molecule has 0 aromatic rings. The van der Waals surface area contributed by atoms with Crippen molar-refractivity contribution in [1.29, 1.82) is 0 Å². The SMILES string of the molecule is CN(C)C(=O)CN=C(NCC1CCCCC1)NC1C2CCCOC2C1(C)C. The number of hydrogen-bond donors (Lipinski definition) is 2. The van der Waals surface area contributed by atoms with Gasteiger partial charge in [-0.2, -0.15) is 0 Å². The molecule has 0 aromatic carbocycles. The predicted octanol–water partition coefficient (Wildman–Crippen LogP) is 2.39. The number of nitrogens with zero attached hydrogens (tertiary/aromatic N) is 2. The third-order valence-corrected chi connectivity index (χ3v) is 6.78.